The molecular formula is C9H11NO3. The van der Waals surface area contributed by atoms with Crippen LogP contribution in [0.3, 0.4) is 0 Å². The van der Waals surface area contributed by atoms with Crippen molar-refractivity contribution in [3.63, 3.8) is 0 Å². The molecule has 0 aliphatic rings. The van der Waals surface area contributed by atoms with Gasteiger partial charge in [-0.05, 0) is 24.1 Å². The number of carboxylic acids is 1. The second-order valence-electron chi connectivity index (χ2n) is 2.65. The smallest absolute Gasteiger partial charge is 0.320 e. The van der Waals surface area contributed by atoms with Crippen LogP contribution in [0.15, 0.2) is 24.2 Å². The third-order valence-electron chi connectivity index (χ3n) is 1.56. The first-order chi connectivity index (χ1) is 6.91. The molecule has 0 aromatic heterocycles. The summed E-state index contributed by atoms with van der Waals surface area (Å²) in [6.45, 7) is 0. The molecule has 1 aromatic carbocycles. The molecule has 0 radical (unpaired) electrons. The number of carbonyl (C=O) groups is 1. The minimum Gasteiger partial charge on any atom is -0.508 e. The molecule has 0 amide bonds. The van der Waals surface area contributed by atoms with E-state index in [1.165, 1.54) is 12.1 Å². The van der Waals surface area contributed by atoms with E-state index in [0.29, 0.717) is 5.56 Å². The summed E-state index contributed by atoms with van der Waals surface area (Å²) in [6, 6.07) is 1.14. The lowest BCUT2D eigenvalue weighted by atomic mass is 10.1. The lowest BCUT2D eigenvalue weighted by Crippen LogP contribution is -2.32. The molecule has 70 valence electrons. The number of aromatic hydroxyl groups is 1. The maximum absolute atomic E-state index is 10.5. The molecule has 4 nitrogen and oxygen atoms in total. The number of nitrogens with two attached hydrogens (primary N) is 1. The fourth-order valence-electron chi connectivity index (χ4n) is 0.865. The average Bonchev–Trinajstić information content (AvgIpc) is 2.13. The Morgan fingerprint density at radius 1 is 1.62 bits per heavy atom. The standard InChI is InChI=1S/C9H11NO3/c10-8(9(12)13)5-6-1-3-7(11)4-2-6/h1-4,8,11H,5,10H2,(H,12,13)/t8-/m0/s1/i3D,4D. The molecule has 4 heteroatoms. The van der Waals surface area contributed by atoms with Gasteiger partial charge in [-0.1, -0.05) is 12.1 Å². The Balaban J connectivity index is 2.92. The SMILES string of the molecule is [2H]c1cc(C[C@H](N)C(=O)O)cc([2H])c1O. The molecule has 1 rings (SSSR count). The molecule has 0 heterocycles. The van der Waals surface area contributed by atoms with Gasteiger partial charge in [0.25, 0.3) is 0 Å². The quantitative estimate of drug-likeness (QED) is 0.631. The highest BCUT2D eigenvalue weighted by Gasteiger charge is 2.11. The first-order valence-electron chi connectivity index (χ1n) is 4.69. The zero-order valence-electron chi connectivity index (χ0n) is 8.82. The van der Waals surface area contributed by atoms with Crippen LogP contribution >= 0.6 is 0 Å². The van der Waals surface area contributed by atoms with Crippen LogP contribution in [-0.4, -0.2) is 22.2 Å². The van der Waals surface area contributed by atoms with E-state index in [1.807, 2.05) is 0 Å². The second-order valence-corrected chi connectivity index (χ2v) is 2.65. The van der Waals surface area contributed by atoms with Gasteiger partial charge < -0.3 is 15.9 Å². The lowest BCUT2D eigenvalue weighted by Gasteiger charge is -2.05. The van der Waals surface area contributed by atoms with Gasteiger partial charge in [-0.25, -0.2) is 0 Å². The number of phenolic OH excluding ortho intramolecular Hbond substituents is 1. The first-order valence-corrected chi connectivity index (χ1v) is 3.69. The number of hydrogen-bond acceptors (Lipinski definition) is 3. The van der Waals surface area contributed by atoms with E-state index in [-0.39, 0.29) is 18.5 Å². The van der Waals surface area contributed by atoms with Gasteiger partial charge in [-0.2, -0.15) is 0 Å². The van der Waals surface area contributed by atoms with E-state index in [0.717, 1.165) is 0 Å². The summed E-state index contributed by atoms with van der Waals surface area (Å²) < 4.78 is 14.6. The number of carboxylic acid groups (broad SMARTS) is 1. The summed E-state index contributed by atoms with van der Waals surface area (Å²) in [4.78, 5) is 10.5. The topological polar surface area (TPSA) is 83.6 Å². The van der Waals surface area contributed by atoms with E-state index in [2.05, 4.69) is 0 Å². The highest BCUT2D eigenvalue weighted by atomic mass is 16.4. The Morgan fingerprint density at radius 3 is 2.62 bits per heavy atom. The number of aliphatic carboxylic acids is 1. The van der Waals surface area contributed by atoms with Crippen molar-refractivity contribution in [3.05, 3.63) is 29.8 Å². The molecule has 0 aliphatic heterocycles. The van der Waals surface area contributed by atoms with E-state index >= 15 is 0 Å². The largest absolute Gasteiger partial charge is 0.508 e. The van der Waals surface area contributed by atoms with Crippen molar-refractivity contribution in [1.82, 2.24) is 0 Å². The van der Waals surface area contributed by atoms with Crippen molar-refractivity contribution < 1.29 is 17.7 Å². The Labute approximate surface area is 78.4 Å². The predicted octanol–water partition coefficient (Wildman–Crippen LogP) is 0.347. The number of hydrogen-bond donors (Lipinski definition) is 3. The van der Waals surface area contributed by atoms with Crippen LogP contribution in [0.25, 0.3) is 0 Å². The molecule has 0 saturated carbocycles. The molecule has 0 spiro atoms. The summed E-state index contributed by atoms with van der Waals surface area (Å²) in [6.07, 6.45) is 0.0351. The highest BCUT2D eigenvalue weighted by Crippen LogP contribution is 2.10. The van der Waals surface area contributed by atoms with Crippen LogP contribution in [0.2, 0.25) is 0 Å². The predicted molar refractivity (Wildman–Crippen MR) is 47.4 cm³/mol. The second kappa shape index (κ2) is 3.91. The summed E-state index contributed by atoms with van der Waals surface area (Å²) in [7, 11) is 0. The van der Waals surface area contributed by atoms with E-state index < -0.39 is 17.8 Å². The Morgan fingerprint density at radius 2 is 2.15 bits per heavy atom. The number of benzene rings is 1. The average molecular weight is 183 g/mol. The summed E-state index contributed by atoms with van der Waals surface area (Å²) >= 11 is 0. The van der Waals surface area contributed by atoms with Gasteiger partial charge in [-0.15, -0.1) is 0 Å². The number of rotatable bonds is 3. The maximum atomic E-state index is 10.5. The van der Waals surface area contributed by atoms with Gasteiger partial charge in [-0.3, -0.25) is 4.79 Å². The van der Waals surface area contributed by atoms with Gasteiger partial charge in [0.15, 0.2) is 0 Å². The van der Waals surface area contributed by atoms with Gasteiger partial charge in [0.2, 0.25) is 0 Å². The van der Waals surface area contributed by atoms with Gasteiger partial charge in [0.05, 0.1) is 2.74 Å². The summed E-state index contributed by atoms with van der Waals surface area (Å²) in [5.41, 5.74) is 5.76. The van der Waals surface area contributed by atoms with Crippen molar-refractivity contribution in [2.75, 3.05) is 0 Å². The Bertz CT molecular complexity index is 372. The van der Waals surface area contributed by atoms with Crippen LogP contribution in [0, 0.1) is 0 Å². The molecular weight excluding hydrogens is 170 g/mol. The van der Waals surface area contributed by atoms with Crippen LogP contribution in [0.4, 0.5) is 0 Å². The molecule has 0 saturated heterocycles. The third kappa shape index (κ3) is 2.76. The van der Waals surface area contributed by atoms with Crippen molar-refractivity contribution in [1.29, 1.82) is 0 Å². The fourth-order valence-corrected chi connectivity index (χ4v) is 0.865. The molecule has 0 bridgehead atoms. The molecule has 0 unspecified atom stereocenters. The molecule has 1 aromatic rings. The van der Waals surface area contributed by atoms with Crippen LogP contribution in [-0.2, 0) is 11.2 Å². The van der Waals surface area contributed by atoms with Gasteiger partial charge in [0.1, 0.15) is 11.8 Å². The Kier molecular flexibility index (Phi) is 2.08. The molecule has 0 aliphatic carbocycles. The van der Waals surface area contributed by atoms with Crippen molar-refractivity contribution in [2.24, 2.45) is 5.73 Å². The zero-order valence-corrected chi connectivity index (χ0v) is 6.82. The van der Waals surface area contributed by atoms with Gasteiger partial charge >= 0.3 is 5.97 Å². The maximum Gasteiger partial charge on any atom is 0.320 e. The van der Waals surface area contributed by atoms with Crippen molar-refractivity contribution >= 4 is 5.97 Å². The Hall–Kier alpha value is -1.55. The molecule has 13 heavy (non-hydrogen) atoms. The van der Waals surface area contributed by atoms with Crippen LogP contribution in [0.1, 0.15) is 8.30 Å². The van der Waals surface area contributed by atoms with E-state index in [9.17, 15) is 4.79 Å². The van der Waals surface area contributed by atoms with E-state index in [4.69, 9.17) is 18.7 Å². The summed E-state index contributed by atoms with van der Waals surface area (Å²) in [5, 5.41) is 17.7. The molecule has 4 N–H and O–H groups in total. The molecule has 1 atom stereocenters. The fraction of sp³-hybridized carbons (Fsp3) is 0.222. The molecule has 0 fully saturated rings. The summed E-state index contributed by atoms with van der Waals surface area (Å²) in [5.74, 6) is -1.55. The van der Waals surface area contributed by atoms with Crippen LogP contribution < -0.4 is 5.73 Å². The first kappa shape index (κ1) is 6.91. The van der Waals surface area contributed by atoms with Gasteiger partial charge in [0, 0.05) is 0 Å². The lowest BCUT2D eigenvalue weighted by molar-refractivity contribution is -0.138. The van der Waals surface area contributed by atoms with Crippen molar-refractivity contribution in [3.8, 4) is 5.75 Å². The van der Waals surface area contributed by atoms with Crippen LogP contribution in [0.5, 0.6) is 5.75 Å². The highest BCUT2D eigenvalue weighted by molar-refractivity contribution is 5.73. The monoisotopic (exact) mass is 183 g/mol. The van der Waals surface area contributed by atoms with E-state index in [1.54, 1.807) is 0 Å². The normalized spacial score (nSPS) is 14.5. The zero-order chi connectivity index (χ0) is 11.6. The minimum atomic E-state index is -1.14. The third-order valence-corrected chi connectivity index (χ3v) is 1.56. The number of phenols is 1. The van der Waals surface area contributed by atoms with Crippen molar-refractivity contribution in [2.45, 2.75) is 12.5 Å². The minimum absolute atomic E-state index is 0.0351.